The average molecular weight is 190 g/mol. The van der Waals surface area contributed by atoms with Crippen molar-refractivity contribution < 1.29 is 4.42 Å². The molecule has 0 radical (unpaired) electrons. The Balaban J connectivity index is 0.00000121. The Hall–Kier alpha value is -0.470. The van der Waals surface area contributed by atoms with Crippen molar-refractivity contribution in [2.75, 3.05) is 0 Å². The fourth-order valence-electron chi connectivity index (χ4n) is 0.961. The molecule has 70 valence electrons. The molecular formula is C9H16ClNO. The highest BCUT2D eigenvalue weighted by molar-refractivity contribution is 5.85. The molecule has 0 fully saturated rings. The molecule has 0 aromatic carbocycles. The number of halogens is 1. The number of rotatable bonds is 2. The molecule has 1 rings (SSSR count). The zero-order valence-electron chi connectivity index (χ0n) is 7.70. The monoisotopic (exact) mass is 189 g/mol. The highest BCUT2D eigenvalue weighted by atomic mass is 35.5. The lowest BCUT2D eigenvalue weighted by atomic mass is 10.0. The van der Waals surface area contributed by atoms with Crippen molar-refractivity contribution in [3.63, 3.8) is 0 Å². The van der Waals surface area contributed by atoms with Crippen LogP contribution in [0.2, 0.25) is 0 Å². The van der Waals surface area contributed by atoms with Crippen molar-refractivity contribution in [1.82, 2.24) is 0 Å². The molecule has 1 heterocycles. The molecule has 3 heteroatoms. The Morgan fingerprint density at radius 1 is 1.33 bits per heavy atom. The molecular weight excluding hydrogens is 174 g/mol. The lowest BCUT2D eigenvalue weighted by Gasteiger charge is -2.11. The SMILES string of the molecule is Cc1ccc(C(N)C(C)C)o1.Cl. The molecule has 2 N–H and O–H groups in total. The Morgan fingerprint density at radius 3 is 2.25 bits per heavy atom. The molecule has 12 heavy (non-hydrogen) atoms. The van der Waals surface area contributed by atoms with Gasteiger partial charge in [-0.25, -0.2) is 0 Å². The maximum absolute atomic E-state index is 5.86. The zero-order valence-corrected chi connectivity index (χ0v) is 8.52. The highest BCUT2D eigenvalue weighted by Crippen LogP contribution is 2.20. The predicted octanol–water partition coefficient (Wildman–Crippen LogP) is 2.67. The molecule has 0 aliphatic heterocycles. The quantitative estimate of drug-likeness (QED) is 0.777. The van der Waals surface area contributed by atoms with Gasteiger partial charge in [0.1, 0.15) is 11.5 Å². The van der Waals surface area contributed by atoms with E-state index in [0.717, 1.165) is 11.5 Å². The topological polar surface area (TPSA) is 39.2 Å². The fourth-order valence-corrected chi connectivity index (χ4v) is 0.961. The molecule has 0 spiro atoms. The molecule has 1 unspecified atom stereocenters. The minimum Gasteiger partial charge on any atom is -0.465 e. The van der Waals surface area contributed by atoms with Crippen LogP contribution in [-0.2, 0) is 0 Å². The van der Waals surface area contributed by atoms with Crippen molar-refractivity contribution in [2.24, 2.45) is 11.7 Å². The first-order valence-electron chi connectivity index (χ1n) is 3.93. The summed E-state index contributed by atoms with van der Waals surface area (Å²) in [7, 11) is 0. The van der Waals surface area contributed by atoms with Gasteiger partial charge in [0, 0.05) is 0 Å². The molecule has 1 aromatic rings. The maximum atomic E-state index is 5.86. The third-order valence-corrected chi connectivity index (χ3v) is 1.81. The molecule has 1 aromatic heterocycles. The summed E-state index contributed by atoms with van der Waals surface area (Å²) in [4.78, 5) is 0. The number of nitrogens with two attached hydrogens (primary N) is 1. The number of furan rings is 1. The van der Waals surface area contributed by atoms with E-state index in [1.807, 2.05) is 19.1 Å². The first-order valence-corrected chi connectivity index (χ1v) is 3.93. The van der Waals surface area contributed by atoms with Crippen LogP contribution in [-0.4, -0.2) is 0 Å². The largest absolute Gasteiger partial charge is 0.465 e. The molecule has 0 bridgehead atoms. The molecule has 1 atom stereocenters. The summed E-state index contributed by atoms with van der Waals surface area (Å²) in [5.41, 5.74) is 5.86. The van der Waals surface area contributed by atoms with E-state index in [1.54, 1.807) is 0 Å². The molecule has 0 amide bonds. The van der Waals surface area contributed by atoms with Crippen molar-refractivity contribution in [3.05, 3.63) is 23.7 Å². The van der Waals surface area contributed by atoms with E-state index < -0.39 is 0 Å². The van der Waals surface area contributed by atoms with Gasteiger partial charge in [-0.15, -0.1) is 12.4 Å². The average Bonchev–Trinajstić information content (AvgIpc) is 2.34. The van der Waals surface area contributed by atoms with E-state index in [4.69, 9.17) is 10.2 Å². The van der Waals surface area contributed by atoms with Crippen LogP contribution in [0, 0.1) is 12.8 Å². The minimum absolute atomic E-state index is 0. The predicted molar refractivity (Wildman–Crippen MR) is 52.5 cm³/mol. The van der Waals surface area contributed by atoms with Gasteiger partial charge in [-0.1, -0.05) is 13.8 Å². The van der Waals surface area contributed by atoms with Crippen LogP contribution in [0.15, 0.2) is 16.5 Å². The Labute approximate surface area is 79.5 Å². The van der Waals surface area contributed by atoms with Crippen LogP contribution in [0.5, 0.6) is 0 Å². The second kappa shape index (κ2) is 4.53. The molecule has 0 saturated carbocycles. The lowest BCUT2D eigenvalue weighted by Crippen LogP contribution is -2.15. The summed E-state index contributed by atoms with van der Waals surface area (Å²) in [6.07, 6.45) is 0. The van der Waals surface area contributed by atoms with Crippen molar-refractivity contribution in [3.8, 4) is 0 Å². The van der Waals surface area contributed by atoms with E-state index in [-0.39, 0.29) is 18.4 Å². The van der Waals surface area contributed by atoms with Gasteiger partial charge in [-0.2, -0.15) is 0 Å². The van der Waals surface area contributed by atoms with Crippen LogP contribution >= 0.6 is 12.4 Å². The van der Waals surface area contributed by atoms with E-state index >= 15 is 0 Å². The maximum Gasteiger partial charge on any atom is 0.121 e. The first-order chi connectivity index (χ1) is 5.11. The summed E-state index contributed by atoms with van der Waals surface area (Å²) in [5, 5.41) is 0. The Bertz CT molecular complexity index is 232. The van der Waals surface area contributed by atoms with E-state index in [2.05, 4.69) is 13.8 Å². The standard InChI is InChI=1S/C9H15NO.ClH/c1-6(2)9(10)8-5-4-7(3)11-8;/h4-6,9H,10H2,1-3H3;1H. The third-order valence-electron chi connectivity index (χ3n) is 1.81. The first kappa shape index (κ1) is 11.5. The van der Waals surface area contributed by atoms with Gasteiger partial charge >= 0.3 is 0 Å². The molecule has 0 aliphatic carbocycles. The van der Waals surface area contributed by atoms with Gasteiger partial charge in [0.05, 0.1) is 6.04 Å². The van der Waals surface area contributed by atoms with E-state index in [9.17, 15) is 0 Å². The number of hydrogen-bond acceptors (Lipinski definition) is 2. The second-order valence-corrected chi connectivity index (χ2v) is 3.22. The lowest BCUT2D eigenvalue weighted by molar-refractivity contribution is 0.391. The highest BCUT2D eigenvalue weighted by Gasteiger charge is 2.13. The van der Waals surface area contributed by atoms with Crippen LogP contribution in [0.1, 0.15) is 31.4 Å². The van der Waals surface area contributed by atoms with Crippen molar-refractivity contribution in [1.29, 1.82) is 0 Å². The zero-order chi connectivity index (χ0) is 8.43. The molecule has 0 aliphatic rings. The third kappa shape index (κ3) is 2.54. The molecule has 2 nitrogen and oxygen atoms in total. The summed E-state index contributed by atoms with van der Waals surface area (Å²) in [6.45, 7) is 6.10. The fraction of sp³-hybridized carbons (Fsp3) is 0.556. The molecule has 0 saturated heterocycles. The van der Waals surface area contributed by atoms with Gasteiger partial charge in [0.15, 0.2) is 0 Å². The van der Waals surface area contributed by atoms with Gasteiger partial charge in [0.25, 0.3) is 0 Å². The smallest absolute Gasteiger partial charge is 0.121 e. The van der Waals surface area contributed by atoms with Crippen molar-refractivity contribution in [2.45, 2.75) is 26.8 Å². The minimum atomic E-state index is 0. The van der Waals surface area contributed by atoms with Gasteiger partial charge in [-0.3, -0.25) is 0 Å². The van der Waals surface area contributed by atoms with Gasteiger partial charge in [0.2, 0.25) is 0 Å². The summed E-state index contributed by atoms with van der Waals surface area (Å²) < 4.78 is 5.38. The number of aryl methyl sites for hydroxylation is 1. The van der Waals surface area contributed by atoms with Gasteiger partial charge < -0.3 is 10.2 Å². The van der Waals surface area contributed by atoms with E-state index in [0.29, 0.717) is 5.92 Å². The second-order valence-electron chi connectivity index (χ2n) is 3.22. The van der Waals surface area contributed by atoms with Crippen LogP contribution in [0.4, 0.5) is 0 Å². The van der Waals surface area contributed by atoms with Crippen LogP contribution in [0.25, 0.3) is 0 Å². The summed E-state index contributed by atoms with van der Waals surface area (Å²) in [5.74, 6) is 2.24. The van der Waals surface area contributed by atoms with Gasteiger partial charge in [-0.05, 0) is 25.0 Å². The summed E-state index contributed by atoms with van der Waals surface area (Å²) in [6, 6.07) is 3.92. The summed E-state index contributed by atoms with van der Waals surface area (Å²) >= 11 is 0. The van der Waals surface area contributed by atoms with Crippen LogP contribution < -0.4 is 5.73 Å². The Kier molecular flexibility index (Phi) is 4.35. The van der Waals surface area contributed by atoms with Crippen molar-refractivity contribution >= 4 is 12.4 Å². The normalized spacial score (nSPS) is 12.8. The van der Waals surface area contributed by atoms with Crippen LogP contribution in [0.3, 0.4) is 0 Å². The van der Waals surface area contributed by atoms with E-state index in [1.165, 1.54) is 0 Å². The Morgan fingerprint density at radius 2 is 1.92 bits per heavy atom. The number of hydrogen-bond donors (Lipinski definition) is 1.